The van der Waals surface area contributed by atoms with Gasteiger partial charge in [-0.25, -0.2) is 9.37 Å². The van der Waals surface area contributed by atoms with Gasteiger partial charge in [-0.15, -0.1) is 0 Å². The van der Waals surface area contributed by atoms with Crippen LogP contribution in [0.4, 0.5) is 10.1 Å². The number of imidazole rings is 1. The number of anilines is 1. The second-order valence-electron chi connectivity index (χ2n) is 6.96. The molecule has 1 saturated heterocycles. The molecule has 0 bridgehead atoms. The number of nitrogens with zero attached hydrogens (tertiary/aromatic N) is 3. The van der Waals surface area contributed by atoms with Crippen LogP contribution in [0.25, 0.3) is 5.69 Å². The quantitative estimate of drug-likeness (QED) is 0.652. The van der Waals surface area contributed by atoms with E-state index >= 15 is 0 Å². The van der Waals surface area contributed by atoms with E-state index in [1.54, 1.807) is 58.3 Å². The Morgan fingerprint density at radius 2 is 2.03 bits per heavy atom. The van der Waals surface area contributed by atoms with E-state index in [-0.39, 0.29) is 25.0 Å². The number of halogens is 1. The fourth-order valence-corrected chi connectivity index (χ4v) is 3.32. The first kappa shape index (κ1) is 19.6. The van der Waals surface area contributed by atoms with Crippen LogP contribution in [0.5, 0.6) is 5.75 Å². The van der Waals surface area contributed by atoms with E-state index in [9.17, 15) is 14.0 Å². The van der Waals surface area contributed by atoms with E-state index in [0.717, 1.165) is 18.7 Å². The Hall–Kier alpha value is -3.68. The van der Waals surface area contributed by atoms with Crippen LogP contribution in [0, 0.1) is 5.82 Å². The second-order valence-corrected chi connectivity index (χ2v) is 6.96. The molecule has 0 radical (unpaired) electrons. The van der Waals surface area contributed by atoms with Crippen LogP contribution in [0.2, 0.25) is 0 Å². The highest BCUT2D eigenvalue weighted by Gasteiger charge is 2.21. The van der Waals surface area contributed by atoms with Gasteiger partial charge in [0.15, 0.2) is 6.61 Å². The fourth-order valence-electron chi connectivity index (χ4n) is 3.32. The van der Waals surface area contributed by atoms with Gasteiger partial charge in [-0.3, -0.25) is 9.59 Å². The molecule has 7 nitrogen and oxygen atoms in total. The summed E-state index contributed by atoms with van der Waals surface area (Å²) < 4.78 is 21.3. The maximum Gasteiger partial charge on any atom is 0.258 e. The van der Waals surface area contributed by atoms with Crippen molar-refractivity contribution >= 4 is 17.5 Å². The number of rotatable bonds is 7. The van der Waals surface area contributed by atoms with E-state index in [1.165, 1.54) is 12.4 Å². The number of hydrogen-bond acceptors (Lipinski definition) is 4. The lowest BCUT2D eigenvalue weighted by Crippen LogP contribution is -2.28. The first-order valence-corrected chi connectivity index (χ1v) is 9.67. The summed E-state index contributed by atoms with van der Waals surface area (Å²) in [5, 5.41) is 2.71. The highest BCUT2D eigenvalue weighted by Crippen LogP contribution is 2.23. The van der Waals surface area contributed by atoms with E-state index in [0.29, 0.717) is 23.4 Å². The largest absolute Gasteiger partial charge is 0.484 e. The molecule has 154 valence electrons. The van der Waals surface area contributed by atoms with Crippen LogP contribution < -0.4 is 15.0 Å². The molecule has 0 unspecified atom stereocenters. The molecule has 1 N–H and O–H groups in total. The summed E-state index contributed by atoms with van der Waals surface area (Å²) in [6, 6.07) is 11.9. The third kappa shape index (κ3) is 4.48. The predicted molar refractivity (Wildman–Crippen MR) is 109 cm³/mol. The van der Waals surface area contributed by atoms with Crippen LogP contribution in [0.15, 0.2) is 61.2 Å². The maximum atomic E-state index is 14.3. The van der Waals surface area contributed by atoms with Crippen molar-refractivity contribution in [2.24, 2.45) is 0 Å². The number of amides is 2. The number of ether oxygens (including phenoxy) is 1. The molecule has 0 saturated carbocycles. The van der Waals surface area contributed by atoms with E-state index in [4.69, 9.17) is 4.74 Å². The Kier molecular flexibility index (Phi) is 5.74. The number of carbonyl (C=O) groups excluding carboxylic acids is 2. The minimum Gasteiger partial charge on any atom is -0.484 e. The van der Waals surface area contributed by atoms with Crippen molar-refractivity contribution in [3.8, 4) is 11.4 Å². The van der Waals surface area contributed by atoms with Gasteiger partial charge in [-0.05, 0) is 48.4 Å². The van der Waals surface area contributed by atoms with Gasteiger partial charge < -0.3 is 19.5 Å². The zero-order valence-electron chi connectivity index (χ0n) is 16.3. The molecule has 8 heteroatoms. The summed E-state index contributed by atoms with van der Waals surface area (Å²) in [5.74, 6) is -0.0470. The Balaban J connectivity index is 1.26. The Morgan fingerprint density at radius 1 is 1.20 bits per heavy atom. The maximum absolute atomic E-state index is 14.3. The lowest BCUT2D eigenvalue weighted by atomic mass is 10.2. The standard InChI is InChI=1S/C22H21FN4O3/c23-19-12-16(3-8-20(19)26-11-9-24-15-26)13-25-21(28)14-30-18-6-4-17(5-7-18)27-10-1-2-22(27)29/h3-9,11-12,15H,1-2,10,13-14H2,(H,25,28). The molecule has 2 heterocycles. The molecule has 0 atom stereocenters. The average molecular weight is 408 g/mol. The predicted octanol–water partition coefficient (Wildman–Crippen LogP) is 2.83. The number of nitrogens with one attached hydrogen (secondary N) is 1. The summed E-state index contributed by atoms with van der Waals surface area (Å²) >= 11 is 0. The van der Waals surface area contributed by atoms with Gasteiger partial charge in [0, 0.05) is 37.6 Å². The third-order valence-electron chi connectivity index (χ3n) is 4.88. The van der Waals surface area contributed by atoms with Crippen molar-refractivity contribution in [2.75, 3.05) is 18.1 Å². The number of benzene rings is 2. The molecule has 1 aromatic heterocycles. The van der Waals surface area contributed by atoms with E-state index in [1.807, 2.05) is 0 Å². The fraction of sp³-hybridized carbons (Fsp3) is 0.227. The molecule has 2 aromatic carbocycles. The molecular formula is C22H21FN4O3. The normalized spacial score (nSPS) is 13.5. The van der Waals surface area contributed by atoms with Crippen molar-refractivity contribution < 1.29 is 18.7 Å². The number of aromatic nitrogens is 2. The smallest absolute Gasteiger partial charge is 0.258 e. The highest BCUT2D eigenvalue weighted by atomic mass is 19.1. The van der Waals surface area contributed by atoms with Gasteiger partial charge in [-0.2, -0.15) is 0 Å². The van der Waals surface area contributed by atoms with Gasteiger partial charge in [-0.1, -0.05) is 6.07 Å². The first-order valence-electron chi connectivity index (χ1n) is 9.67. The van der Waals surface area contributed by atoms with Crippen molar-refractivity contribution in [1.82, 2.24) is 14.9 Å². The van der Waals surface area contributed by atoms with Crippen molar-refractivity contribution in [3.63, 3.8) is 0 Å². The lowest BCUT2D eigenvalue weighted by Gasteiger charge is -2.16. The second kappa shape index (κ2) is 8.77. The monoisotopic (exact) mass is 408 g/mol. The SMILES string of the molecule is O=C(COc1ccc(N2CCCC2=O)cc1)NCc1ccc(-n2ccnc2)c(F)c1. The zero-order chi connectivity index (χ0) is 20.9. The van der Waals surface area contributed by atoms with Gasteiger partial charge in [0.25, 0.3) is 5.91 Å². The summed E-state index contributed by atoms with van der Waals surface area (Å²) in [6.45, 7) is 0.766. The van der Waals surface area contributed by atoms with Gasteiger partial charge in [0.05, 0.1) is 12.0 Å². The third-order valence-corrected chi connectivity index (χ3v) is 4.88. The average Bonchev–Trinajstić information content (AvgIpc) is 3.43. The van der Waals surface area contributed by atoms with Crippen molar-refractivity contribution in [3.05, 3.63) is 72.6 Å². The van der Waals surface area contributed by atoms with Crippen molar-refractivity contribution in [1.29, 1.82) is 0 Å². The molecule has 1 fully saturated rings. The Bertz CT molecular complexity index is 1040. The summed E-state index contributed by atoms with van der Waals surface area (Å²) in [4.78, 5) is 29.5. The minimum atomic E-state index is -0.396. The van der Waals surface area contributed by atoms with Crippen LogP contribution in [0.1, 0.15) is 18.4 Å². The zero-order valence-corrected chi connectivity index (χ0v) is 16.3. The molecule has 1 aliphatic heterocycles. The summed E-state index contributed by atoms with van der Waals surface area (Å²) in [7, 11) is 0. The Morgan fingerprint density at radius 3 is 2.70 bits per heavy atom. The molecule has 1 aliphatic rings. The molecule has 0 aliphatic carbocycles. The Labute approximate surface area is 173 Å². The summed E-state index contributed by atoms with van der Waals surface area (Å²) in [5.41, 5.74) is 1.87. The molecule has 2 amide bonds. The molecule has 4 rings (SSSR count). The van der Waals surface area contributed by atoms with E-state index in [2.05, 4.69) is 10.3 Å². The minimum absolute atomic E-state index is 0.123. The summed E-state index contributed by atoms with van der Waals surface area (Å²) in [6.07, 6.45) is 6.20. The molecule has 30 heavy (non-hydrogen) atoms. The van der Waals surface area contributed by atoms with E-state index < -0.39 is 5.82 Å². The highest BCUT2D eigenvalue weighted by molar-refractivity contribution is 5.95. The van der Waals surface area contributed by atoms with Gasteiger partial charge >= 0.3 is 0 Å². The van der Waals surface area contributed by atoms with Crippen LogP contribution in [0.3, 0.4) is 0 Å². The van der Waals surface area contributed by atoms with Crippen LogP contribution in [-0.4, -0.2) is 34.5 Å². The molecule has 3 aromatic rings. The number of carbonyl (C=O) groups is 2. The topological polar surface area (TPSA) is 76.5 Å². The van der Waals surface area contributed by atoms with Crippen LogP contribution >= 0.6 is 0 Å². The lowest BCUT2D eigenvalue weighted by molar-refractivity contribution is -0.123. The molecular weight excluding hydrogens is 387 g/mol. The van der Waals surface area contributed by atoms with Gasteiger partial charge in [0.1, 0.15) is 11.6 Å². The molecule has 0 spiro atoms. The van der Waals surface area contributed by atoms with Gasteiger partial charge in [0.2, 0.25) is 5.91 Å². The van der Waals surface area contributed by atoms with Crippen molar-refractivity contribution in [2.45, 2.75) is 19.4 Å². The first-order chi connectivity index (χ1) is 14.6. The number of hydrogen-bond donors (Lipinski definition) is 1. The van der Waals surface area contributed by atoms with Crippen LogP contribution in [-0.2, 0) is 16.1 Å².